The van der Waals surface area contributed by atoms with E-state index < -0.39 is 24.7 Å². The molecule has 2 aromatic carbocycles. The van der Waals surface area contributed by atoms with E-state index in [-0.39, 0.29) is 30.3 Å². The maximum absolute atomic E-state index is 13.1. The number of likely N-dealkylation sites (tertiary alicyclic amines) is 1. The molecule has 1 fully saturated rings. The Morgan fingerprint density at radius 2 is 1.97 bits per heavy atom. The third-order valence-electron chi connectivity index (χ3n) is 5.41. The summed E-state index contributed by atoms with van der Waals surface area (Å²) in [4.78, 5) is 28.3. The second kappa shape index (κ2) is 9.55. The molecule has 1 atom stereocenters. The molecular weight excluding hydrogens is 411 g/mol. The van der Waals surface area contributed by atoms with Crippen molar-refractivity contribution in [2.45, 2.75) is 31.5 Å². The second-order valence-electron chi connectivity index (χ2n) is 7.84. The number of halogens is 3. The van der Waals surface area contributed by atoms with E-state index in [0.29, 0.717) is 31.2 Å². The Balaban J connectivity index is 1.59. The molecule has 0 radical (unpaired) electrons. The Morgan fingerprint density at radius 1 is 1.23 bits per heavy atom. The van der Waals surface area contributed by atoms with Gasteiger partial charge in [-0.1, -0.05) is 30.3 Å². The number of hydrogen-bond donors (Lipinski definition) is 2. The van der Waals surface area contributed by atoms with E-state index in [9.17, 15) is 27.9 Å². The van der Waals surface area contributed by atoms with Crippen LogP contribution in [0.3, 0.4) is 0 Å². The number of phenolic OH excluding ortho intramolecular Hbond substituents is 1. The smallest absolute Gasteiger partial charge is 0.401 e. The molecule has 1 aliphatic heterocycles. The van der Waals surface area contributed by atoms with Gasteiger partial charge in [0.15, 0.2) is 0 Å². The minimum atomic E-state index is -4.25. The fourth-order valence-corrected chi connectivity index (χ4v) is 3.93. The van der Waals surface area contributed by atoms with Crippen molar-refractivity contribution in [3.8, 4) is 5.75 Å². The summed E-state index contributed by atoms with van der Waals surface area (Å²) in [5.74, 6) is -0.850. The highest BCUT2D eigenvalue weighted by molar-refractivity contribution is 6.05. The molecule has 31 heavy (non-hydrogen) atoms. The first kappa shape index (κ1) is 22.9. The van der Waals surface area contributed by atoms with Crippen LogP contribution in [0, 0.1) is 0 Å². The van der Waals surface area contributed by atoms with Crippen LogP contribution in [0.5, 0.6) is 5.75 Å². The highest BCUT2D eigenvalue weighted by atomic mass is 19.4. The fourth-order valence-electron chi connectivity index (χ4n) is 3.93. The minimum absolute atomic E-state index is 0.109. The van der Waals surface area contributed by atoms with Gasteiger partial charge in [-0.25, -0.2) is 0 Å². The number of nitrogens with zero attached hydrogens (tertiary/aromatic N) is 2. The van der Waals surface area contributed by atoms with Gasteiger partial charge in [0.05, 0.1) is 12.1 Å². The Bertz CT molecular complexity index is 948. The molecular formula is C22H26F3N3O3. The molecule has 0 bridgehead atoms. The molecule has 6 nitrogen and oxygen atoms in total. The molecule has 0 aliphatic carbocycles. The van der Waals surface area contributed by atoms with Gasteiger partial charge in [0.2, 0.25) is 5.91 Å². The lowest BCUT2D eigenvalue weighted by Gasteiger charge is -2.25. The number of rotatable bonds is 7. The number of carbonyl (C=O) groups excluding carboxylic acids is 2. The maximum Gasteiger partial charge on any atom is 0.401 e. The number of carbonyl (C=O) groups is 2. The van der Waals surface area contributed by atoms with Crippen LogP contribution in [-0.4, -0.2) is 72.2 Å². The Morgan fingerprint density at radius 3 is 2.71 bits per heavy atom. The molecule has 1 aliphatic rings. The van der Waals surface area contributed by atoms with Crippen LogP contribution in [0.4, 0.5) is 13.2 Å². The number of hydrogen-bond acceptors (Lipinski definition) is 4. The summed E-state index contributed by atoms with van der Waals surface area (Å²) < 4.78 is 37.1. The number of nitrogens with one attached hydrogen (secondary N) is 1. The zero-order valence-electron chi connectivity index (χ0n) is 17.3. The highest BCUT2D eigenvalue weighted by Crippen LogP contribution is 2.31. The van der Waals surface area contributed by atoms with Crippen LogP contribution in [0.25, 0.3) is 10.8 Å². The average Bonchev–Trinajstić information content (AvgIpc) is 3.20. The van der Waals surface area contributed by atoms with Crippen LogP contribution in [0.2, 0.25) is 0 Å². The van der Waals surface area contributed by atoms with Crippen LogP contribution < -0.4 is 5.32 Å². The van der Waals surface area contributed by atoms with E-state index in [1.54, 1.807) is 24.3 Å². The molecule has 1 heterocycles. The third-order valence-corrected chi connectivity index (χ3v) is 5.41. The Labute approximate surface area is 178 Å². The SMILES string of the molecule is CN(CCCNC(=O)C1CCCN1C(=O)c1ccc2ccccc2c1O)CC(F)(F)F. The lowest BCUT2D eigenvalue weighted by molar-refractivity contribution is -0.143. The van der Waals surface area contributed by atoms with Gasteiger partial charge in [0.25, 0.3) is 5.91 Å². The molecule has 1 unspecified atom stereocenters. The largest absolute Gasteiger partial charge is 0.506 e. The topological polar surface area (TPSA) is 72.9 Å². The molecule has 2 amide bonds. The lowest BCUT2D eigenvalue weighted by atomic mass is 10.0. The van der Waals surface area contributed by atoms with Crippen LogP contribution in [0.15, 0.2) is 36.4 Å². The first-order valence-electron chi connectivity index (χ1n) is 10.2. The van der Waals surface area contributed by atoms with Crippen LogP contribution >= 0.6 is 0 Å². The van der Waals surface area contributed by atoms with Crippen molar-refractivity contribution >= 4 is 22.6 Å². The molecule has 0 spiro atoms. The normalized spacial score (nSPS) is 16.8. The molecule has 0 aromatic heterocycles. The van der Waals surface area contributed by atoms with Gasteiger partial charge in [0, 0.05) is 18.5 Å². The van der Waals surface area contributed by atoms with E-state index in [2.05, 4.69) is 5.32 Å². The molecule has 3 rings (SSSR count). The van der Waals surface area contributed by atoms with Crippen LogP contribution in [-0.2, 0) is 4.79 Å². The summed E-state index contributed by atoms with van der Waals surface area (Å²) in [5, 5.41) is 14.7. The first-order valence-corrected chi connectivity index (χ1v) is 10.2. The zero-order chi connectivity index (χ0) is 22.6. The fraction of sp³-hybridized carbons (Fsp3) is 0.455. The van der Waals surface area contributed by atoms with Crippen molar-refractivity contribution in [1.82, 2.24) is 15.1 Å². The first-order chi connectivity index (χ1) is 14.7. The monoisotopic (exact) mass is 437 g/mol. The average molecular weight is 437 g/mol. The predicted octanol–water partition coefficient (Wildman–Crippen LogP) is 3.15. The molecule has 2 N–H and O–H groups in total. The summed E-state index contributed by atoms with van der Waals surface area (Å²) in [6.45, 7) is -0.183. The van der Waals surface area contributed by atoms with Gasteiger partial charge in [-0.3, -0.25) is 14.5 Å². The van der Waals surface area contributed by atoms with Gasteiger partial charge < -0.3 is 15.3 Å². The van der Waals surface area contributed by atoms with Gasteiger partial charge in [-0.05, 0) is 44.3 Å². The number of aromatic hydroxyl groups is 1. The van der Waals surface area contributed by atoms with Crippen molar-refractivity contribution < 1.29 is 27.9 Å². The second-order valence-corrected chi connectivity index (χ2v) is 7.84. The van der Waals surface area contributed by atoms with Crippen molar-refractivity contribution in [3.63, 3.8) is 0 Å². The van der Waals surface area contributed by atoms with E-state index in [1.807, 2.05) is 12.1 Å². The highest BCUT2D eigenvalue weighted by Gasteiger charge is 2.35. The van der Waals surface area contributed by atoms with E-state index in [0.717, 1.165) is 10.3 Å². The number of benzene rings is 2. The lowest BCUT2D eigenvalue weighted by Crippen LogP contribution is -2.46. The summed E-state index contributed by atoms with van der Waals surface area (Å²) >= 11 is 0. The quantitative estimate of drug-likeness (QED) is 0.653. The Kier molecular flexibility index (Phi) is 7.04. The minimum Gasteiger partial charge on any atom is -0.506 e. The number of phenols is 1. The number of fused-ring (bicyclic) bond motifs is 1. The van der Waals surface area contributed by atoms with Crippen molar-refractivity contribution in [3.05, 3.63) is 42.0 Å². The van der Waals surface area contributed by atoms with Gasteiger partial charge >= 0.3 is 6.18 Å². The Hall–Kier alpha value is -2.81. The summed E-state index contributed by atoms with van der Waals surface area (Å²) in [6, 6.07) is 9.83. The van der Waals surface area contributed by atoms with Crippen molar-refractivity contribution in [2.75, 3.05) is 33.2 Å². The number of alkyl halides is 3. The summed E-state index contributed by atoms with van der Waals surface area (Å²) in [5.41, 5.74) is 0.146. The summed E-state index contributed by atoms with van der Waals surface area (Å²) in [6.07, 6.45) is -2.73. The standard InChI is InChI=1S/C22H26F3N3O3/c1-27(14-22(23,24)25)12-5-11-26-20(30)18-8-4-13-28(18)21(31)17-10-9-15-6-2-3-7-16(15)19(17)29/h2-3,6-7,9-10,18,29H,4-5,8,11-14H2,1H3,(H,26,30). The van der Waals surface area contributed by atoms with E-state index in [4.69, 9.17) is 0 Å². The molecule has 1 saturated heterocycles. The van der Waals surface area contributed by atoms with Crippen molar-refractivity contribution in [2.24, 2.45) is 0 Å². The molecule has 2 aromatic rings. The van der Waals surface area contributed by atoms with Gasteiger partial charge in [0.1, 0.15) is 11.8 Å². The summed E-state index contributed by atoms with van der Waals surface area (Å²) in [7, 11) is 1.38. The van der Waals surface area contributed by atoms with Crippen LogP contribution in [0.1, 0.15) is 29.6 Å². The van der Waals surface area contributed by atoms with E-state index in [1.165, 1.54) is 11.9 Å². The number of amides is 2. The molecule has 168 valence electrons. The third kappa shape index (κ3) is 5.66. The molecule has 9 heteroatoms. The van der Waals surface area contributed by atoms with Crippen molar-refractivity contribution in [1.29, 1.82) is 0 Å². The molecule has 0 saturated carbocycles. The zero-order valence-corrected chi connectivity index (χ0v) is 17.3. The van der Waals surface area contributed by atoms with E-state index >= 15 is 0 Å². The van der Waals surface area contributed by atoms with Gasteiger partial charge in [-0.2, -0.15) is 13.2 Å². The maximum atomic E-state index is 13.1. The van der Waals surface area contributed by atoms with Gasteiger partial charge in [-0.15, -0.1) is 0 Å². The predicted molar refractivity (Wildman–Crippen MR) is 111 cm³/mol.